The molecule has 1 rings (SSSR count). The second-order valence-corrected chi connectivity index (χ2v) is 11.9. The first kappa shape index (κ1) is 26.9. The molecule has 0 saturated heterocycles. The van der Waals surface area contributed by atoms with E-state index in [1.165, 1.54) is 0 Å². The molecule has 1 fully saturated rings. The van der Waals surface area contributed by atoms with Crippen LogP contribution in [0.3, 0.4) is 0 Å². The normalized spacial score (nSPS) is 25.7. The van der Waals surface area contributed by atoms with Gasteiger partial charge in [0, 0.05) is 6.42 Å². The highest BCUT2D eigenvalue weighted by atomic mass is 16.6. The summed E-state index contributed by atoms with van der Waals surface area (Å²) in [5.74, 6) is 0.336. The molecule has 5 heteroatoms. The molecule has 1 saturated carbocycles. The molecule has 30 heavy (non-hydrogen) atoms. The van der Waals surface area contributed by atoms with Gasteiger partial charge in [-0.3, -0.25) is 9.59 Å². The van der Waals surface area contributed by atoms with Crippen molar-refractivity contribution in [1.82, 2.24) is 0 Å². The summed E-state index contributed by atoms with van der Waals surface area (Å²) in [6.45, 7) is 19.0. The van der Waals surface area contributed by atoms with Crippen molar-refractivity contribution in [2.75, 3.05) is 13.2 Å². The maximum absolute atomic E-state index is 12.2. The van der Waals surface area contributed by atoms with Crippen LogP contribution in [0.1, 0.15) is 94.4 Å². The molecule has 0 aliphatic heterocycles. The predicted molar refractivity (Wildman–Crippen MR) is 120 cm³/mol. The summed E-state index contributed by atoms with van der Waals surface area (Å²) in [6.07, 6.45) is 3.40. The molecule has 1 N–H and O–H groups in total. The fourth-order valence-corrected chi connectivity index (χ4v) is 4.36. The first-order valence-corrected chi connectivity index (χ1v) is 11.6. The van der Waals surface area contributed by atoms with E-state index in [-0.39, 0.29) is 53.9 Å². The van der Waals surface area contributed by atoms with Crippen LogP contribution in [-0.4, -0.2) is 36.4 Å². The van der Waals surface area contributed by atoms with Gasteiger partial charge in [-0.15, -0.1) is 0 Å². The van der Waals surface area contributed by atoms with Crippen LogP contribution in [0.5, 0.6) is 0 Å². The summed E-state index contributed by atoms with van der Waals surface area (Å²) in [4.78, 5) is 24.1. The molecule has 176 valence electrons. The standard InChI is InChI=1S/C25H46O5/c1-10-25(8,9)22(28)30-14-13-29-20(26)12-11-17-15-18(23(2,3)4)21(27)19(16-17)24(5,6)7/h17-19,21,27H,10-16H2,1-9H3. The summed E-state index contributed by atoms with van der Waals surface area (Å²) in [7, 11) is 0. The number of rotatable bonds is 8. The first-order chi connectivity index (χ1) is 13.6. The van der Waals surface area contributed by atoms with E-state index in [0.29, 0.717) is 18.8 Å². The summed E-state index contributed by atoms with van der Waals surface area (Å²) >= 11 is 0. The van der Waals surface area contributed by atoms with Crippen molar-refractivity contribution in [3.05, 3.63) is 0 Å². The molecular formula is C25H46O5. The van der Waals surface area contributed by atoms with Gasteiger partial charge in [0.05, 0.1) is 11.5 Å². The van der Waals surface area contributed by atoms with Gasteiger partial charge in [-0.1, -0.05) is 48.5 Å². The first-order valence-electron chi connectivity index (χ1n) is 11.6. The molecule has 1 aliphatic carbocycles. The van der Waals surface area contributed by atoms with Gasteiger partial charge in [0.1, 0.15) is 13.2 Å². The Hall–Kier alpha value is -1.10. The summed E-state index contributed by atoms with van der Waals surface area (Å²) < 4.78 is 10.5. The average molecular weight is 427 g/mol. The topological polar surface area (TPSA) is 72.8 Å². The SMILES string of the molecule is CCC(C)(C)C(=O)OCCOC(=O)CCC1CC(C(C)(C)C)C(O)C(C(C)(C)C)C1. The third-order valence-electron chi connectivity index (χ3n) is 7.00. The number of carbonyl (C=O) groups is 2. The van der Waals surface area contributed by atoms with Gasteiger partial charge >= 0.3 is 11.9 Å². The van der Waals surface area contributed by atoms with Gasteiger partial charge in [0.2, 0.25) is 0 Å². The van der Waals surface area contributed by atoms with Crippen molar-refractivity contribution in [3.8, 4) is 0 Å². The zero-order valence-corrected chi connectivity index (χ0v) is 20.8. The zero-order valence-electron chi connectivity index (χ0n) is 20.8. The Morgan fingerprint density at radius 2 is 1.33 bits per heavy atom. The Morgan fingerprint density at radius 3 is 1.77 bits per heavy atom. The van der Waals surface area contributed by atoms with Crippen LogP contribution in [-0.2, 0) is 19.1 Å². The molecule has 0 heterocycles. The van der Waals surface area contributed by atoms with E-state index >= 15 is 0 Å². The maximum atomic E-state index is 12.2. The predicted octanol–water partition coefficient (Wildman–Crippen LogP) is 5.38. The lowest BCUT2D eigenvalue weighted by atomic mass is 9.58. The third-order valence-corrected chi connectivity index (χ3v) is 7.00. The van der Waals surface area contributed by atoms with Crippen LogP contribution < -0.4 is 0 Å². The number of carbonyl (C=O) groups excluding carboxylic acids is 2. The largest absolute Gasteiger partial charge is 0.462 e. The van der Waals surface area contributed by atoms with Crippen molar-refractivity contribution in [2.45, 2.75) is 101 Å². The molecule has 0 amide bonds. The van der Waals surface area contributed by atoms with Crippen molar-refractivity contribution in [2.24, 2.45) is 34.0 Å². The summed E-state index contributed by atoms with van der Waals surface area (Å²) in [6, 6.07) is 0. The van der Waals surface area contributed by atoms with E-state index < -0.39 is 5.41 Å². The van der Waals surface area contributed by atoms with E-state index in [4.69, 9.17) is 9.47 Å². The number of esters is 2. The van der Waals surface area contributed by atoms with E-state index in [9.17, 15) is 14.7 Å². The lowest BCUT2D eigenvalue weighted by Gasteiger charge is -2.49. The molecule has 5 nitrogen and oxygen atoms in total. The number of aliphatic hydroxyl groups excluding tert-OH is 1. The minimum Gasteiger partial charge on any atom is -0.462 e. The Balaban J connectivity index is 2.52. The van der Waals surface area contributed by atoms with Gasteiger partial charge in [0.15, 0.2) is 0 Å². The second kappa shape index (κ2) is 10.5. The fourth-order valence-electron chi connectivity index (χ4n) is 4.36. The van der Waals surface area contributed by atoms with Gasteiger partial charge in [-0.2, -0.15) is 0 Å². The number of ether oxygens (including phenoxy) is 2. The van der Waals surface area contributed by atoms with E-state index in [1.54, 1.807) is 0 Å². The molecule has 0 spiro atoms. The van der Waals surface area contributed by atoms with Crippen molar-refractivity contribution >= 4 is 11.9 Å². The van der Waals surface area contributed by atoms with Crippen LogP contribution in [0.25, 0.3) is 0 Å². The maximum Gasteiger partial charge on any atom is 0.311 e. The molecule has 0 aromatic rings. The van der Waals surface area contributed by atoms with Gasteiger partial charge in [-0.25, -0.2) is 0 Å². The molecule has 0 aromatic heterocycles. The molecule has 0 bridgehead atoms. The van der Waals surface area contributed by atoms with Gasteiger partial charge in [-0.05, 0) is 68.1 Å². The number of hydrogen-bond acceptors (Lipinski definition) is 5. The molecule has 1 aliphatic rings. The Morgan fingerprint density at radius 1 is 0.867 bits per heavy atom. The zero-order chi connectivity index (χ0) is 23.3. The molecule has 0 radical (unpaired) electrons. The summed E-state index contributed by atoms with van der Waals surface area (Å²) in [5.41, 5.74) is -0.459. The van der Waals surface area contributed by atoms with Crippen molar-refractivity contribution < 1.29 is 24.2 Å². The monoisotopic (exact) mass is 426 g/mol. The van der Waals surface area contributed by atoms with E-state index in [2.05, 4.69) is 41.5 Å². The lowest BCUT2D eigenvalue weighted by Crippen LogP contribution is -2.47. The number of hydrogen-bond donors (Lipinski definition) is 1. The van der Waals surface area contributed by atoms with Gasteiger partial charge in [0.25, 0.3) is 0 Å². The molecule has 0 aromatic carbocycles. The Bertz CT molecular complexity index is 543. The van der Waals surface area contributed by atoms with Crippen molar-refractivity contribution in [3.63, 3.8) is 0 Å². The molecule has 2 unspecified atom stereocenters. The van der Waals surface area contributed by atoms with Crippen LogP contribution in [0, 0.1) is 34.0 Å². The minimum absolute atomic E-state index is 0.0260. The van der Waals surface area contributed by atoms with Crippen LogP contribution in [0.2, 0.25) is 0 Å². The van der Waals surface area contributed by atoms with Crippen LogP contribution in [0.4, 0.5) is 0 Å². The Labute approximate surface area is 184 Å². The highest BCUT2D eigenvalue weighted by Gasteiger charge is 2.45. The van der Waals surface area contributed by atoms with Crippen LogP contribution >= 0.6 is 0 Å². The molecule has 2 atom stereocenters. The third kappa shape index (κ3) is 7.86. The second-order valence-electron chi connectivity index (χ2n) is 11.9. The minimum atomic E-state index is -0.511. The molecular weight excluding hydrogens is 380 g/mol. The lowest BCUT2D eigenvalue weighted by molar-refractivity contribution is -0.159. The Kier molecular flexibility index (Phi) is 9.41. The number of aliphatic hydroxyl groups is 1. The summed E-state index contributed by atoms with van der Waals surface area (Å²) in [5, 5.41) is 11.0. The average Bonchev–Trinajstić information content (AvgIpc) is 2.62. The van der Waals surface area contributed by atoms with Gasteiger partial charge < -0.3 is 14.6 Å². The highest BCUT2D eigenvalue weighted by Crippen LogP contribution is 2.49. The fraction of sp³-hybridized carbons (Fsp3) is 0.920. The van der Waals surface area contributed by atoms with Crippen molar-refractivity contribution in [1.29, 1.82) is 0 Å². The van der Waals surface area contributed by atoms with E-state index in [0.717, 1.165) is 19.3 Å². The van der Waals surface area contributed by atoms with E-state index in [1.807, 2.05) is 20.8 Å². The van der Waals surface area contributed by atoms with Crippen LogP contribution in [0.15, 0.2) is 0 Å². The highest BCUT2D eigenvalue weighted by molar-refractivity contribution is 5.75. The quantitative estimate of drug-likeness (QED) is 0.416. The smallest absolute Gasteiger partial charge is 0.311 e.